The number of hydrogen-bond donors (Lipinski definition) is 2. The van der Waals surface area contributed by atoms with Gasteiger partial charge in [0.15, 0.2) is 18.9 Å². The van der Waals surface area contributed by atoms with Gasteiger partial charge in [0.1, 0.15) is 18.1 Å². The Bertz CT molecular complexity index is 876. The van der Waals surface area contributed by atoms with Crippen LogP contribution < -0.4 is 27.3 Å². The molecule has 0 unspecified atom stereocenters. The first kappa shape index (κ1) is 19.7. The fourth-order valence-corrected chi connectivity index (χ4v) is 2.41. The van der Waals surface area contributed by atoms with Crippen molar-refractivity contribution in [1.29, 1.82) is 0 Å². The Morgan fingerprint density at radius 1 is 1.19 bits per heavy atom. The molecule has 0 fully saturated rings. The van der Waals surface area contributed by atoms with Gasteiger partial charge in [0, 0.05) is 11.6 Å². The molecular formula is C18H21BrN6O. The van der Waals surface area contributed by atoms with Gasteiger partial charge in [0.25, 0.3) is 0 Å². The van der Waals surface area contributed by atoms with Crippen LogP contribution in [0.15, 0.2) is 65.2 Å². The zero-order chi connectivity index (χ0) is 17.6. The normalized spacial score (nSPS) is 10.8. The monoisotopic (exact) mass is 416 g/mol. The molecule has 0 bridgehead atoms. The number of nitrogen functional groups attached to an aromatic ring is 1. The highest BCUT2D eigenvalue weighted by Crippen LogP contribution is 2.24. The lowest BCUT2D eigenvalue weighted by Gasteiger charge is -2.03. The van der Waals surface area contributed by atoms with Crippen molar-refractivity contribution in [3.63, 3.8) is 0 Å². The third kappa shape index (κ3) is 4.96. The first-order chi connectivity index (χ1) is 12.2. The van der Waals surface area contributed by atoms with Gasteiger partial charge in [0.05, 0.1) is 18.4 Å². The summed E-state index contributed by atoms with van der Waals surface area (Å²) < 4.78 is 3.61. The minimum atomic E-state index is 0. The summed E-state index contributed by atoms with van der Waals surface area (Å²) in [4.78, 5) is 0. The second-order valence-electron chi connectivity index (χ2n) is 5.78. The molecule has 0 amide bonds. The van der Waals surface area contributed by atoms with Crippen LogP contribution in [0.3, 0.4) is 0 Å². The average molecular weight is 417 g/mol. The quantitative estimate of drug-likeness (QED) is 0.419. The lowest BCUT2D eigenvalue weighted by molar-refractivity contribution is -0.698. The molecule has 0 radical (unpaired) electrons. The van der Waals surface area contributed by atoms with E-state index in [1.165, 1.54) is 5.56 Å². The van der Waals surface area contributed by atoms with E-state index in [2.05, 4.69) is 15.3 Å². The van der Waals surface area contributed by atoms with Gasteiger partial charge in [-0.2, -0.15) is 10.2 Å². The highest BCUT2D eigenvalue weighted by atomic mass is 79.9. The molecule has 3 aromatic rings. The molecule has 0 atom stereocenters. The second kappa shape index (κ2) is 9.21. The van der Waals surface area contributed by atoms with Crippen LogP contribution in [0, 0.1) is 6.92 Å². The number of pyridine rings is 1. The molecule has 136 valence electrons. The zero-order valence-electron chi connectivity index (χ0n) is 14.5. The van der Waals surface area contributed by atoms with Gasteiger partial charge >= 0.3 is 0 Å². The van der Waals surface area contributed by atoms with Crippen molar-refractivity contribution >= 4 is 17.2 Å². The number of nitrogens with two attached hydrogens (primary N) is 1. The number of aromatic nitrogens is 3. The molecule has 0 spiro atoms. The fourth-order valence-electron chi connectivity index (χ4n) is 2.41. The van der Waals surface area contributed by atoms with Crippen molar-refractivity contribution in [3.8, 4) is 0 Å². The Morgan fingerprint density at radius 2 is 1.96 bits per heavy atom. The molecule has 0 aliphatic rings. The minimum Gasteiger partial charge on any atom is -1.00 e. The predicted octanol–water partition coefficient (Wildman–Crippen LogP) is -0.479. The summed E-state index contributed by atoms with van der Waals surface area (Å²) in [5, 5.41) is 21.7. The van der Waals surface area contributed by atoms with Crippen molar-refractivity contribution in [2.75, 3.05) is 12.3 Å². The summed E-state index contributed by atoms with van der Waals surface area (Å²) >= 11 is 0. The maximum atomic E-state index is 9.03. The fraction of sp³-hybridized carbons (Fsp3) is 0.222. The number of hydrogen-bond acceptors (Lipinski definition) is 5. The minimum absolute atomic E-state index is 0. The number of aryl methyl sites for hydroxylation is 1. The second-order valence-corrected chi connectivity index (χ2v) is 5.78. The third-order valence-electron chi connectivity index (χ3n) is 3.78. The van der Waals surface area contributed by atoms with E-state index in [0.717, 1.165) is 11.3 Å². The standard InChI is InChI=1S/C18H21N6O.BrH/c1-14-4-6-16(7-5-14)21-22-17-11-20-24(18(17)19)13-15-3-2-8-23(12-15)9-10-25;/h2-8,11-12,25H,9-10,13,19H2,1H3;1H/q+1;/p-1/b22-21+;. The SMILES string of the molecule is Cc1ccc(/N=N/c2cnn(Cc3ccc[n+](CCO)c3)c2N)cc1.[Br-]. The van der Waals surface area contributed by atoms with Crippen molar-refractivity contribution in [1.82, 2.24) is 9.78 Å². The van der Waals surface area contributed by atoms with Crippen LogP contribution in [-0.2, 0) is 13.1 Å². The van der Waals surface area contributed by atoms with Crippen LogP contribution in [0.1, 0.15) is 11.1 Å². The molecule has 1 aromatic carbocycles. The molecule has 0 saturated carbocycles. The van der Waals surface area contributed by atoms with Gasteiger partial charge in [-0.15, -0.1) is 5.11 Å². The number of halogens is 1. The molecule has 2 heterocycles. The van der Waals surface area contributed by atoms with Crippen LogP contribution in [0.25, 0.3) is 0 Å². The van der Waals surface area contributed by atoms with Gasteiger partial charge in [-0.1, -0.05) is 17.7 Å². The van der Waals surface area contributed by atoms with E-state index in [1.807, 2.05) is 60.3 Å². The number of rotatable bonds is 6. The molecule has 3 rings (SSSR count). The van der Waals surface area contributed by atoms with E-state index in [1.54, 1.807) is 10.9 Å². The van der Waals surface area contributed by atoms with Crippen LogP contribution in [0.4, 0.5) is 17.2 Å². The van der Waals surface area contributed by atoms with Gasteiger partial charge in [-0.3, -0.25) is 0 Å². The molecule has 0 aliphatic heterocycles. The van der Waals surface area contributed by atoms with E-state index >= 15 is 0 Å². The maximum Gasteiger partial charge on any atom is 0.173 e. The van der Waals surface area contributed by atoms with Gasteiger partial charge < -0.3 is 27.8 Å². The van der Waals surface area contributed by atoms with Crippen molar-refractivity contribution in [2.45, 2.75) is 20.0 Å². The van der Waals surface area contributed by atoms with Crippen LogP contribution in [-0.4, -0.2) is 21.5 Å². The number of anilines is 1. The summed E-state index contributed by atoms with van der Waals surface area (Å²) in [5.74, 6) is 0.466. The van der Waals surface area contributed by atoms with E-state index in [4.69, 9.17) is 10.8 Å². The summed E-state index contributed by atoms with van der Waals surface area (Å²) in [6, 6.07) is 11.7. The molecule has 2 aromatic heterocycles. The lowest BCUT2D eigenvalue weighted by atomic mass is 10.2. The van der Waals surface area contributed by atoms with Gasteiger partial charge in [-0.05, 0) is 25.1 Å². The molecule has 26 heavy (non-hydrogen) atoms. The Kier molecular flexibility index (Phi) is 6.99. The zero-order valence-corrected chi connectivity index (χ0v) is 16.0. The number of aliphatic hydroxyl groups excluding tert-OH is 1. The summed E-state index contributed by atoms with van der Waals surface area (Å²) in [5.41, 5.74) is 9.66. The van der Waals surface area contributed by atoms with Crippen molar-refractivity contribution in [3.05, 3.63) is 66.1 Å². The summed E-state index contributed by atoms with van der Waals surface area (Å²) in [7, 11) is 0. The first-order valence-electron chi connectivity index (χ1n) is 8.04. The Morgan fingerprint density at radius 3 is 2.69 bits per heavy atom. The highest BCUT2D eigenvalue weighted by molar-refractivity contribution is 5.56. The van der Waals surface area contributed by atoms with Crippen molar-refractivity contribution in [2.24, 2.45) is 10.2 Å². The number of nitrogens with zero attached hydrogens (tertiary/aromatic N) is 5. The van der Waals surface area contributed by atoms with Gasteiger partial charge in [0.2, 0.25) is 0 Å². The Labute approximate surface area is 162 Å². The summed E-state index contributed by atoms with van der Waals surface area (Å²) in [6.07, 6.45) is 5.48. The summed E-state index contributed by atoms with van der Waals surface area (Å²) in [6.45, 7) is 3.20. The van der Waals surface area contributed by atoms with Crippen LogP contribution in [0.2, 0.25) is 0 Å². The highest BCUT2D eigenvalue weighted by Gasteiger charge is 2.09. The first-order valence-corrected chi connectivity index (χ1v) is 8.04. The van der Waals surface area contributed by atoms with E-state index in [-0.39, 0.29) is 23.6 Å². The predicted molar refractivity (Wildman–Crippen MR) is 94.8 cm³/mol. The topological polar surface area (TPSA) is 92.7 Å². The molecule has 3 N–H and O–H groups in total. The molecule has 8 heteroatoms. The van der Waals surface area contributed by atoms with Gasteiger partial charge in [-0.25, -0.2) is 9.25 Å². The average Bonchev–Trinajstić information content (AvgIpc) is 2.95. The third-order valence-corrected chi connectivity index (χ3v) is 3.78. The lowest BCUT2D eigenvalue weighted by Crippen LogP contribution is -3.00. The van der Waals surface area contributed by atoms with E-state index in [9.17, 15) is 0 Å². The molecular weight excluding hydrogens is 396 g/mol. The Hall–Kier alpha value is -2.58. The smallest absolute Gasteiger partial charge is 0.173 e. The number of azo groups is 1. The molecule has 0 aliphatic carbocycles. The van der Waals surface area contributed by atoms with E-state index < -0.39 is 0 Å². The molecule has 7 nitrogen and oxygen atoms in total. The van der Waals surface area contributed by atoms with E-state index in [0.29, 0.717) is 24.6 Å². The largest absolute Gasteiger partial charge is 1.00 e. The molecule has 0 saturated heterocycles. The Balaban J connectivity index is 0.00000243. The van der Waals surface area contributed by atoms with Crippen LogP contribution >= 0.6 is 0 Å². The maximum absolute atomic E-state index is 9.03. The number of benzene rings is 1. The number of aliphatic hydroxyl groups is 1. The van der Waals surface area contributed by atoms with Crippen molar-refractivity contribution < 1.29 is 26.7 Å². The van der Waals surface area contributed by atoms with Crippen LogP contribution in [0.5, 0.6) is 0 Å².